The predicted octanol–water partition coefficient (Wildman–Crippen LogP) is 5.35. The van der Waals surface area contributed by atoms with Crippen LogP contribution >= 0.6 is 7.60 Å². The average molecular weight is 483 g/mol. The van der Waals surface area contributed by atoms with Crippen LogP contribution in [-0.2, 0) is 23.1 Å². The second kappa shape index (κ2) is 13.5. The monoisotopic (exact) mass is 482 g/mol. The van der Waals surface area contributed by atoms with Crippen molar-refractivity contribution in [1.82, 2.24) is 10.6 Å². The van der Waals surface area contributed by atoms with Crippen molar-refractivity contribution in [3.63, 3.8) is 0 Å². The largest absolute Gasteiger partial charge is 0.444 e. The molecule has 0 radical (unpaired) electrons. The number of carbonyl (C=O) groups excluding carboxylic acids is 2. The van der Waals surface area contributed by atoms with Gasteiger partial charge in [0.2, 0.25) is 5.91 Å². The maximum atomic E-state index is 13.2. The van der Waals surface area contributed by atoms with Gasteiger partial charge in [-0.3, -0.25) is 9.36 Å². The van der Waals surface area contributed by atoms with Gasteiger partial charge in [0.1, 0.15) is 11.6 Å². The van der Waals surface area contributed by atoms with E-state index >= 15 is 0 Å². The molecule has 0 aliphatic carbocycles. The van der Waals surface area contributed by atoms with E-state index < -0.39 is 31.2 Å². The first-order valence-electron chi connectivity index (χ1n) is 11.3. The number of hydrogen-bond acceptors (Lipinski definition) is 6. The van der Waals surface area contributed by atoms with Crippen molar-refractivity contribution < 1.29 is 27.9 Å². The van der Waals surface area contributed by atoms with Gasteiger partial charge >= 0.3 is 13.7 Å². The van der Waals surface area contributed by atoms with Crippen molar-refractivity contribution in [1.29, 1.82) is 0 Å². The fraction of sp³-hybridized carbons (Fsp3) is 0.583. The van der Waals surface area contributed by atoms with E-state index in [4.69, 9.17) is 13.8 Å². The van der Waals surface area contributed by atoms with E-state index in [1.54, 1.807) is 40.7 Å². The van der Waals surface area contributed by atoms with Gasteiger partial charge < -0.3 is 24.4 Å². The van der Waals surface area contributed by atoms with Gasteiger partial charge in [0.05, 0.1) is 19.4 Å². The molecule has 0 aromatic heterocycles. The van der Waals surface area contributed by atoms with E-state index in [9.17, 15) is 14.2 Å². The van der Waals surface area contributed by atoms with Gasteiger partial charge in [-0.25, -0.2) is 4.79 Å². The summed E-state index contributed by atoms with van der Waals surface area (Å²) in [6, 6.07) is 8.39. The molecule has 2 amide bonds. The maximum Gasteiger partial charge on any atom is 0.408 e. The molecule has 1 aromatic rings. The third-order valence-corrected chi connectivity index (χ3v) is 6.16. The second-order valence-electron chi connectivity index (χ2n) is 8.93. The van der Waals surface area contributed by atoms with Crippen molar-refractivity contribution in [3.05, 3.63) is 42.0 Å². The Labute approximate surface area is 198 Å². The minimum absolute atomic E-state index is 0.00642. The van der Waals surface area contributed by atoms with Crippen LogP contribution in [0.1, 0.15) is 60.5 Å². The molecule has 8 nitrogen and oxygen atoms in total. The highest BCUT2D eigenvalue weighted by atomic mass is 31.2. The van der Waals surface area contributed by atoms with E-state index in [0.29, 0.717) is 12.1 Å². The van der Waals surface area contributed by atoms with Gasteiger partial charge in [-0.1, -0.05) is 44.2 Å². The lowest BCUT2D eigenvalue weighted by atomic mass is 10.0. The molecule has 33 heavy (non-hydrogen) atoms. The summed E-state index contributed by atoms with van der Waals surface area (Å²) >= 11 is 0. The first-order valence-corrected chi connectivity index (χ1v) is 13.1. The van der Waals surface area contributed by atoms with Gasteiger partial charge in [0, 0.05) is 5.70 Å². The Hall–Kier alpha value is -2.15. The number of carbonyl (C=O) groups is 2. The number of amides is 2. The number of allylic oxidation sites excluding steroid dienone is 1. The van der Waals surface area contributed by atoms with Crippen LogP contribution in [0.25, 0.3) is 5.70 Å². The summed E-state index contributed by atoms with van der Waals surface area (Å²) in [6.45, 7) is 13.2. The Bertz CT molecular complexity index is 823. The molecule has 0 saturated heterocycles. The topological polar surface area (TPSA) is 103 Å². The number of ether oxygens (including phenoxy) is 1. The molecular weight excluding hydrogens is 443 g/mol. The Morgan fingerprint density at radius 2 is 1.64 bits per heavy atom. The average Bonchev–Trinajstić information content (AvgIpc) is 2.69. The maximum absolute atomic E-state index is 13.2. The SMILES string of the molecule is CCOP(=O)(C/C=C(/NC(=O)[C@H](CC(C)C)NC(=O)OC(C)(C)C)c1ccccc1)OCC. The fourth-order valence-electron chi connectivity index (χ4n) is 2.97. The van der Waals surface area contributed by atoms with E-state index in [1.165, 1.54) is 0 Å². The normalized spacial score (nSPS) is 13.5. The summed E-state index contributed by atoms with van der Waals surface area (Å²) < 4.78 is 29.0. The summed E-state index contributed by atoms with van der Waals surface area (Å²) in [4.78, 5) is 25.5. The lowest BCUT2D eigenvalue weighted by Gasteiger charge is -2.25. The Balaban J connectivity index is 3.15. The zero-order chi connectivity index (χ0) is 25.1. The van der Waals surface area contributed by atoms with Crippen LogP contribution in [0.15, 0.2) is 36.4 Å². The van der Waals surface area contributed by atoms with Crippen LogP contribution < -0.4 is 10.6 Å². The van der Waals surface area contributed by atoms with E-state index in [-0.39, 0.29) is 25.3 Å². The van der Waals surface area contributed by atoms with E-state index in [2.05, 4.69) is 10.6 Å². The molecule has 0 spiro atoms. The Kier molecular flexibility index (Phi) is 11.8. The molecule has 0 fully saturated rings. The number of alkyl carbamates (subject to hydrolysis) is 1. The van der Waals surface area contributed by atoms with Crippen molar-refractivity contribution in [3.8, 4) is 0 Å². The van der Waals surface area contributed by atoms with Crippen molar-refractivity contribution >= 4 is 25.3 Å². The molecule has 186 valence electrons. The predicted molar refractivity (Wildman–Crippen MR) is 131 cm³/mol. The minimum atomic E-state index is -3.35. The van der Waals surface area contributed by atoms with Gasteiger partial charge in [-0.15, -0.1) is 0 Å². The quantitative estimate of drug-likeness (QED) is 0.389. The Morgan fingerprint density at radius 1 is 1.06 bits per heavy atom. The molecule has 1 rings (SSSR count). The highest BCUT2D eigenvalue weighted by Gasteiger charge is 2.27. The van der Waals surface area contributed by atoms with Gasteiger partial charge in [0.25, 0.3) is 0 Å². The highest BCUT2D eigenvalue weighted by Crippen LogP contribution is 2.48. The standard InChI is InChI=1S/C24H39N2O6P/c1-8-30-33(29,31-9-2)16-15-20(19-13-11-10-12-14-19)25-22(27)21(17-18(3)4)26-23(28)32-24(5,6)7/h10-15,18,21H,8-9,16-17H2,1-7H3,(H,25,27)(H,26,28)/b20-15+/t21-/m0/s1. The molecule has 0 bridgehead atoms. The molecule has 0 unspecified atom stereocenters. The van der Waals surface area contributed by atoms with Crippen LogP contribution in [0.4, 0.5) is 4.79 Å². The van der Waals surface area contributed by atoms with Crippen LogP contribution in [0.3, 0.4) is 0 Å². The zero-order valence-electron chi connectivity index (χ0n) is 20.8. The third kappa shape index (κ3) is 11.5. The second-order valence-corrected chi connectivity index (χ2v) is 11.0. The van der Waals surface area contributed by atoms with Crippen LogP contribution in [0, 0.1) is 5.92 Å². The molecule has 1 atom stereocenters. The van der Waals surface area contributed by atoms with Gasteiger partial charge in [0.15, 0.2) is 0 Å². The molecule has 0 aliphatic heterocycles. The van der Waals surface area contributed by atoms with Crippen molar-refractivity contribution in [2.24, 2.45) is 5.92 Å². The number of benzene rings is 1. The molecular formula is C24H39N2O6P. The third-order valence-electron chi connectivity index (χ3n) is 4.23. The number of hydrogen-bond donors (Lipinski definition) is 2. The molecule has 1 aromatic carbocycles. The summed E-state index contributed by atoms with van der Waals surface area (Å²) in [5.74, 6) is -0.247. The molecule has 0 saturated carbocycles. The molecule has 0 heterocycles. The summed E-state index contributed by atoms with van der Waals surface area (Å²) in [5, 5.41) is 5.55. The lowest BCUT2D eigenvalue weighted by Crippen LogP contribution is -2.48. The summed E-state index contributed by atoms with van der Waals surface area (Å²) in [6.07, 6.45) is 1.39. The van der Waals surface area contributed by atoms with Gasteiger partial charge in [-0.05, 0) is 58.6 Å². The highest BCUT2D eigenvalue weighted by molar-refractivity contribution is 7.54. The van der Waals surface area contributed by atoms with Crippen molar-refractivity contribution in [2.75, 3.05) is 19.4 Å². The van der Waals surface area contributed by atoms with Crippen LogP contribution in [0.2, 0.25) is 0 Å². The molecule has 9 heteroatoms. The van der Waals surface area contributed by atoms with E-state index in [1.807, 2.05) is 44.2 Å². The van der Waals surface area contributed by atoms with E-state index in [0.717, 1.165) is 5.56 Å². The van der Waals surface area contributed by atoms with Crippen molar-refractivity contribution in [2.45, 2.75) is 66.5 Å². The van der Waals surface area contributed by atoms with Crippen LogP contribution in [-0.4, -0.2) is 43.0 Å². The smallest absolute Gasteiger partial charge is 0.408 e. The zero-order valence-corrected chi connectivity index (χ0v) is 21.7. The van der Waals surface area contributed by atoms with Gasteiger partial charge in [-0.2, -0.15) is 0 Å². The first kappa shape index (κ1) is 28.9. The number of nitrogens with one attached hydrogen (secondary N) is 2. The number of rotatable bonds is 12. The van der Waals surface area contributed by atoms with Crippen LogP contribution in [0.5, 0.6) is 0 Å². The fourth-order valence-corrected chi connectivity index (χ4v) is 4.45. The first-order chi connectivity index (χ1) is 15.4. The summed E-state index contributed by atoms with van der Waals surface area (Å²) in [7, 11) is -3.35. The minimum Gasteiger partial charge on any atom is -0.444 e. The molecule has 2 N–H and O–H groups in total. The Morgan fingerprint density at radius 3 is 2.12 bits per heavy atom. The molecule has 0 aliphatic rings. The summed E-state index contributed by atoms with van der Waals surface area (Å²) in [5.41, 5.74) is 0.503. The lowest BCUT2D eigenvalue weighted by molar-refractivity contribution is -0.122.